The van der Waals surface area contributed by atoms with Gasteiger partial charge in [-0.05, 0) is 47.7 Å². The highest BCUT2D eigenvalue weighted by molar-refractivity contribution is 14.1. The Morgan fingerprint density at radius 1 is 1.45 bits per heavy atom. The molecule has 1 aromatic carbocycles. The van der Waals surface area contributed by atoms with Crippen LogP contribution in [0.25, 0.3) is 5.69 Å². The minimum atomic E-state index is -0.565. The van der Waals surface area contributed by atoms with Gasteiger partial charge in [0.05, 0.1) is 18.5 Å². The molecule has 0 spiro atoms. The van der Waals surface area contributed by atoms with E-state index in [1.807, 2.05) is 12.1 Å². The molecule has 0 bridgehead atoms. The number of rotatable bonds is 4. The van der Waals surface area contributed by atoms with Gasteiger partial charge in [0.25, 0.3) is 0 Å². The number of imidazole rings is 1. The van der Waals surface area contributed by atoms with Gasteiger partial charge >= 0.3 is 11.7 Å². The molecule has 7 heteroatoms. The van der Waals surface area contributed by atoms with Crippen molar-refractivity contribution in [2.24, 2.45) is 0 Å². The first-order valence-electron chi connectivity index (χ1n) is 5.95. The van der Waals surface area contributed by atoms with E-state index in [0.29, 0.717) is 5.69 Å². The average molecular weight is 388 g/mol. The van der Waals surface area contributed by atoms with Crippen LogP contribution in [0.3, 0.4) is 0 Å². The van der Waals surface area contributed by atoms with E-state index >= 15 is 0 Å². The van der Waals surface area contributed by atoms with Crippen molar-refractivity contribution in [2.45, 2.75) is 13.5 Å². The number of halogens is 1. The lowest BCUT2D eigenvalue weighted by Gasteiger charge is -2.03. The van der Waals surface area contributed by atoms with Gasteiger partial charge in [0, 0.05) is 3.57 Å². The normalized spacial score (nSPS) is 10.5. The third kappa shape index (κ3) is 3.03. The maximum atomic E-state index is 12.2. The van der Waals surface area contributed by atoms with E-state index < -0.39 is 11.7 Å². The van der Waals surface area contributed by atoms with Gasteiger partial charge in [0.1, 0.15) is 6.54 Å². The van der Waals surface area contributed by atoms with Crippen LogP contribution in [-0.2, 0) is 16.1 Å². The van der Waals surface area contributed by atoms with Crippen LogP contribution in [0.1, 0.15) is 6.92 Å². The minimum Gasteiger partial charge on any atom is -0.493 e. The number of ether oxygens (including phenoxy) is 1. The number of carbonyl (C=O) groups excluding carboxylic acids is 1. The molecule has 0 aliphatic rings. The van der Waals surface area contributed by atoms with Crippen molar-refractivity contribution in [1.29, 1.82) is 0 Å². The molecule has 0 aliphatic heterocycles. The third-order valence-electron chi connectivity index (χ3n) is 2.64. The zero-order valence-corrected chi connectivity index (χ0v) is 12.9. The van der Waals surface area contributed by atoms with Gasteiger partial charge in [-0.15, -0.1) is 0 Å². The standard InChI is InChI=1S/C13H13IN2O4/c1-2-20-12(18)8-16-11(17)7-15(13(16)19)10-5-3-4-9(14)6-10/h3-7,17H,2,8H2,1H3. The van der Waals surface area contributed by atoms with E-state index in [1.165, 1.54) is 10.8 Å². The lowest BCUT2D eigenvalue weighted by atomic mass is 10.3. The minimum absolute atomic E-state index is 0.228. The Labute approximate surface area is 128 Å². The number of aromatic nitrogens is 2. The average Bonchev–Trinajstić information content (AvgIpc) is 2.67. The number of hydrogen-bond acceptors (Lipinski definition) is 4. The van der Waals surface area contributed by atoms with E-state index in [1.54, 1.807) is 19.1 Å². The Bertz CT molecular complexity index is 690. The van der Waals surface area contributed by atoms with Crippen LogP contribution < -0.4 is 5.69 Å². The van der Waals surface area contributed by atoms with E-state index in [9.17, 15) is 14.7 Å². The predicted octanol–water partition coefficient (Wildman–Crippen LogP) is 1.51. The SMILES string of the molecule is CCOC(=O)Cn1c(O)cn(-c2cccc(I)c2)c1=O. The topological polar surface area (TPSA) is 73.5 Å². The Hall–Kier alpha value is -1.77. The molecule has 0 fully saturated rings. The summed E-state index contributed by atoms with van der Waals surface area (Å²) in [6.07, 6.45) is 1.28. The summed E-state index contributed by atoms with van der Waals surface area (Å²) in [4.78, 5) is 23.6. The van der Waals surface area contributed by atoms with Crippen molar-refractivity contribution in [3.8, 4) is 11.6 Å². The van der Waals surface area contributed by atoms with Crippen LogP contribution in [0.15, 0.2) is 35.3 Å². The van der Waals surface area contributed by atoms with Crippen LogP contribution in [0, 0.1) is 3.57 Å². The summed E-state index contributed by atoms with van der Waals surface area (Å²) in [6, 6.07) is 7.25. The van der Waals surface area contributed by atoms with Crippen LogP contribution in [0.2, 0.25) is 0 Å². The van der Waals surface area contributed by atoms with Gasteiger partial charge in [0.15, 0.2) is 0 Å². The van der Waals surface area contributed by atoms with E-state index in [0.717, 1.165) is 8.14 Å². The molecule has 0 unspecified atom stereocenters. The number of esters is 1. The highest BCUT2D eigenvalue weighted by Gasteiger charge is 2.15. The van der Waals surface area contributed by atoms with E-state index in [-0.39, 0.29) is 19.0 Å². The zero-order valence-electron chi connectivity index (χ0n) is 10.7. The second-order valence-corrected chi connectivity index (χ2v) is 5.26. The molecule has 0 aliphatic carbocycles. The molecule has 2 aromatic rings. The van der Waals surface area contributed by atoms with Gasteiger partial charge in [-0.3, -0.25) is 13.9 Å². The van der Waals surface area contributed by atoms with Crippen molar-refractivity contribution in [3.63, 3.8) is 0 Å². The molecule has 0 saturated carbocycles. The molecule has 1 N–H and O–H groups in total. The molecular weight excluding hydrogens is 375 g/mol. The fourth-order valence-corrected chi connectivity index (χ4v) is 2.29. The third-order valence-corrected chi connectivity index (χ3v) is 3.31. The Morgan fingerprint density at radius 2 is 2.20 bits per heavy atom. The maximum Gasteiger partial charge on any atom is 0.336 e. The first-order valence-corrected chi connectivity index (χ1v) is 7.03. The van der Waals surface area contributed by atoms with Crippen LogP contribution in [-0.4, -0.2) is 26.8 Å². The van der Waals surface area contributed by atoms with Crippen LogP contribution in [0.4, 0.5) is 0 Å². The monoisotopic (exact) mass is 388 g/mol. The van der Waals surface area contributed by atoms with Gasteiger partial charge in [0.2, 0.25) is 5.88 Å². The van der Waals surface area contributed by atoms with E-state index in [2.05, 4.69) is 22.6 Å². The molecule has 6 nitrogen and oxygen atoms in total. The molecule has 0 amide bonds. The fourth-order valence-electron chi connectivity index (χ4n) is 1.76. The Morgan fingerprint density at radius 3 is 2.85 bits per heavy atom. The first kappa shape index (κ1) is 14.6. The molecule has 1 heterocycles. The summed E-state index contributed by atoms with van der Waals surface area (Å²) in [6.45, 7) is 1.60. The molecule has 0 atom stereocenters. The summed E-state index contributed by atoms with van der Waals surface area (Å²) in [5.74, 6) is -0.841. The van der Waals surface area contributed by atoms with Gasteiger partial charge in [-0.25, -0.2) is 4.79 Å². The van der Waals surface area contributed by atoms with Gasteiger partial charge in [-0.2, -0.15) is 0 Å². The summed E-state index contributed by atoms with van der Waals surface area (Å²) >= 11 is 2.13. The highest BCUT2D eigenvalue weighted by atomic mass is 127. The first-order chi connectivity index (χ1) is 9.52. The summed E-state index contributed by atoms with van der Waals surface area (Å²) in [7, 11) is 0. The van der Waals surface area contributed by atoms with Gasteiger partial charge < -0.3 is 9.84 Å². The van der Waals surface area contributed by atoms with E-state index in [4.69, 9.17) is 4.74 Å². The maximum absolute atomic E-state index is 12.2. The van der Waals surface area contributed by atoms with Crippen LogP contribution >= 0.6 is 22.6 Å². The molecule has 106 valence electrons. The predicted molar refractivity (Wildman–Crippen MR) is 81.0 cm³/mol. The zero-order chi connectivity index (χ0) is 14.7. The second-order valence-electron chi connectivity index (χ2n) is 4.01. The van der Waals surface area contributed by atoms with Crippen molar-refractivity contribution in [1.82, 2.24) is 9.13 Å². The van der Waals surface area contributed by atoms with Crippen molar-refractivity contribution < 1.29 is 14.6 Å². The molecule has 0 radical (unpaired) electrons. The summed E-state index contributed by atoms with van der Waals surface area (Å²) < 4.78 is 7.99. The summed E-state index contributed by atoms with van der Waals surface area (Å²) in [5, 5.41) is 9.79. The second kappa shape index (κ2) is 6.12. The van der Waals surface area contributed by atoms with Crippen LogP contribution in [0.5, 0.6) is 5.88 Å². The Kier molecular flexibility index (Phi) is 4.48. The molecule has 2 rings (SSSR count). The Balaban J connectivity index is 2.39. The fraction of sp³-hybridized carbons (Fsp3) is 0.231. The van der Waals surface area contributed by atoms with Crippen molar-refractivity contribution in [3.05, 3.63) is 44.5 Å². The highest BCUT2D eigenvalue weighted by Crippen LogP contribution is 2.14. The molecule has 20 heavy (non-hydrogen) atoms. The smallest absolute Gasteiger partial charge is 0.336 e. The van der Waals surface area contributed by atoms with Crippen molar-refractivity contribution >= 4 is 28.6 Å². The quantitative estimate of drug-likeness (QED) is 0.637. The summed E-state index contributed by atoms with van der Waals surface area (Å²) in [5.41, 5.74) is 0.136. The number of benzene rings is 1. The molecule has 0 saturated heterocycles. The lowest BCUT2D eigenvalue weighted by molar-refractivity contribution is -0.143. The number of carbonyl (C=O) groups is 1. The molecular formula is C13H13IN2O4. The van der Waals surface area contributed by atoms with Crippen molar-refractivity contribution in [2.75, 3.05) is 6.61 Å². The number of nitrogens with zero attached hydrogens (tertiary/aromatic N) is 2. The lowest BCUT2D eigenvalue weighted by Crippen LogP contribution is -2.27. The van der Waals surface area contributed by atoms with Gasteiger partial charge in [-0.1, -0.05) is 6.07 Å². The number of hydrogen-bond donors (Lipinski definition) is 1. The largest absolute Gasteiger partial charge is 0.493 e. The molecule has 1 aromatic heterocycles. The number of aromatic hydroxyl groups is 1.